The lowest BCUT2D eigenvalue weighted by Gasteiger charge is -2.46. The van der Waals surface area contributed by atoms with Gasteiger partial charge < -0.3 is 23.4 Å². The number of nitrogens with zero attached hydrogens (tertiary/aromatic N) is 4. The van der Waals surface area contributed by atoms with E-state index in [9.17, 15) is 19.2 Å². The molecule has 0 amide bonds. The molecular formula is C112H98N4O. The molecule has 0 fully saturated rings. The summed E-state index contributed by atoms with van der Waals surface area (Å²) in [6, 6.07) is 66.9. The third-order valence-electron chi connectivity index (χ3n) is 24.8. The molecule has 0 radical (unpaired) electrons. The Kier molecular flexibility index (Phi) is 12.5. The summed E-state index contributed by atoms with van der Waals surface area (Å²) in [7, 11) is 0. The normalized spacial score (nSPS) is 16.2. The molecule has 15 aromatic carbocycles. The molecule has 5 heteroatoms. The zero-order valence-corrected chi connectivity index (χ0v) is 68.6. The third kappa shape index (κ3) is 11.4. The minimum Gasteiger partial charge on any atom is -0.452 e. The number of hydrogen-bond donors (Lipinski definition) is 0. The van der Waals surface area contributed by atoms with Crippen molar-refractivity contribution in [2.75, 3.05) is 9.80 Å². The van der Waals surface area contributed by atoms with Gasteiger partial charge in [-0.05, 0) is 189 Å². The first-order valence-electron chi connectivity index (χ1n) is 48.6. The molecule has 117 heavy (non-hydrogen) atoms. The van der Waals surface area contributed by atoms with Gasteiger partial charge in [0.15, 0.2) is 11.2 Å². The van der Waals surface area contributed by atoms with E-state index in [4.69, 9.17) is 7.16 Å². The van der Waals surface area contributed by atoms with E-state index < -0.39 is 108 Å². The topological polar surface area (TPSA) is 29.5 Å². The van der Waals surface area contributed by atoms with Gasteiger partial charge in [-0.15, -0.1) is 0 Å². The van der Waals surface area contributed by atoms with Crippen molar-refractivity contribution in [3.63, 3.8) is 0 Å². The Bertz CT molecular complexity index is 7880. The number of aromatic nitrogens is 2. The largest absolute Gasteiger partial charge is 0.452 e. The zero-order chi connectivity index (χ0) is 94.2. The Morgan fingerprint density at radius 1 is 0.274 bits per heavy atom. The van der Waals surface area contributed by atoms with Crippen molar-refractivity contribution < 1.29 is 26.3 Å². The van der Waals surface area contributed by atoms with Gasteiger partial charge in [-0.25, -0.2) is 0 Å². The second kappa shape index (κ2) is 25.9. The van der Waals surface area contributed by atoms with Crippen LogP contribution in [0.25, 0.3) is 121 Å². The van der Waals surface area contributed by atoms with Crippen molar-refractivity contribution in [3.05, 3.63) is 370 Å². The number of furan rings is 1. The molecule has 572 valence electrons. The smallest absolute Gasteiger partial charge is 0.159 e. The molecule has 1 aliphatic carbocycles. The fourth-order valence-corrected chi connectivity index (χ4v) is 18.7. The molecule has 3 aliphatic rings. The van der Waals surface area contributed by atoms with Crippen LogP contribution in [0.3, 0.4) is 0 Å². The highest BCUT2D eigenvalue weighted by molar-refractivity contribution is 6.17. The van der Waals surface area contributed by atoms with E-state index >= 15 is 0 Å². The van der Waals surface area contributed by atoms with Crippen LogP contribution in [-0.4, -0.2) is 9.13 Å². The first-order chi connectivity index (χ1) is 62.8. The van der Waals surface area contributed by atoms with Crippen LogP contribution in [0.4, 0.5) is 34.1 Å². The fourth-order valence-electron chi connectivity index (χ4n) is 18.7. The lowest BCUT2D eigenvalue weighted by molar-refractivity contribution is 0.569. The average Bonchev–Trinajstić information content (AvgIpc) is 1.65. The van der Waals surface area contributed by atoms with Crippen LogP contribution in [0.1, 0.15) is 199 Å². The van der Waals surface area contributed by atoms with Gasteiger partial charge in [0.1, 0.15) is 0 Å². The maximum Gasteiger partial charge on any atom is 0.159 e. The molecule has 0 bridgehead atoms. The van der Waals surface area contributed by atoms with Crippen LogP contribution >= 0.6 is 0 Å². The van der Waals surface area contributed by atoms with Crippen molar-refractivity contribution in [1.82, 2.24) is 9.13 Å². The Balaban J connectivity index is 0.973. The predicted molar refractivity (Wildman–Crippen MR) is 495 cm³/mol. The number of anilines is 6. The fraction of sp³-hybridized carbons (Fsp3) is 0.196. The molecule has 0 saturated carbocycles. The molecule has 18 aromatic rings. The number of rotatable bonds is 8. The first-order valence-corrected chi connectivity index (χ1v) is 40.6. The Morgan fingerprint density at radius 3 is 1.17 bits per heavy atom. The lowest BCUT2D eigenvalue weighted by atomic mass is 9.73. The van der Waals surface area contributed by atoms with Crippen LogP contribution in [0.5, 0.6) is 0 Å². The quantitative estimate of drug-likeness (QED) is 0.152. The highest BCUT2D eigenvalue weighted by atomic mass is 16.3. The van der Waals surface area contributed by atoms with Gasteiger partial charge in [0.2, 0.25) is 0 Å². The maximum absolute atomic E-state index is 10.3. The summed E-state index contributed by atoms with van der Waals surface area (Å²) in [5, 5.41) is 0.739. The standard InChI is InChI=1S/C112H98N4O/c1-108(2,3)72-50-54-82-90(61-72)91-62-73(109(4,5)6)51-55-83(91)102(82)70-49-53-86-98(59-70)115(97-47-31-41-85-84-40-30-46-96(106(84)117-107(85)97)114-94-44-28-24-38-80(94)81-39-25-29-45-95(81)114)100-65-77(113-92-42-26-22-36-78(92)79-37-23-27-43-93(79)113)66-101-104(100)103(86)87-52-48-69(71-56-74(110(7,8)9)60-75(57-71)111(10,11)12)58-99(87)116(101)105-88(67-32-18-16-19-33-67)63-76(112(13,14)15)64-89(105)68-34-20-17-21-35-68/h16-66,102-103H,1-15H3/i22D,23D,24D,25D,26D,27D,28D,29D,36D,37D,38D,39D,42D,43D,44D,45D. The van der Waals surface area contributed by atoms with Gasteiger partial charge in [0, 0.05) is 60.8 Å². The average molecular weight is 1530 g/mol. The molecule has 21 rings (SSSR count). The molecule has 5 heterocycles. The summed E-state index contributed by atoms with van der Waals surface area (Å²) in [5.74, 6) is -1.04. The molecule has 0 spiro atoms. The van der Waals surface area contributed by atoms with Crippen molar-refractivity contribution in [1.29, 1.82) is 0 Å². The van der Waals surface area contributed by atoms with Gasteiger partial charge >= 0.3 is 0 Å². The number of fused-ring (bicyclic) bond motifs is 16. The van der Waals surface area contributed by atoms with Gasteiger partial charge in [-0.3, -0.25) is 0 Å². The minimum atomic E-state index is -0.685. The summed E-state index contributed by atoms with van der Waals surface area (Å²) in [5.41, 5.74) is 22.4. The monoisotopic (exact) mass is 1530 g/mol. The van der Waals surface area contributed by atoms with E-state index in [2.05, 4.69) is 265 Å². The van der Waals surface area contributed by atoms with E-state index in [0.717, 1.165) is 106 Å². The highest BCUT2D eigenvalue weighted by Gasteiger charge is 2.45. The molecule has 1 atom stereocenters. The molecule has 5 nitrogen and oxygen atoms in total. The van der Waals surface area contributed by atoms with E-state index in [1.807, 2.05) is 48.5 Å². The van der Waals surface area contributed by atoms with Gasteiger partial charge in [-0.2, -0.15) is 0 Å². The van der Waals surface area contributed by atoms with Gasteiger partial charge in [0.05, 0.1) is 89.5 Å². The second-order valence-corrected chi connectivity index (χ2v) is 37.3. The summed E-state index contributed by atoms with van der Waals surface area (Å²) in [4.78, 5) is 4.61. The molecule has 1 unspecified atom stereocenters. The second-order valence-electron chi connectivity index (χ2n) is 37.3. The number of hydrogen-bond acceptors (Lipinski definition) is 3. The molecule has 3 aromatic heterocycles. The molecular weight excluding hydrogens is 1420 g/mol. The Labute approximate surface area is 710 Å². The summed E-state index contributed by atoms with van der Waals surface area (Å²) in [6.45, 7) is 33.6. The van der Waals surface area contributed by atoms with Crippen molar-refractivity contribution in [3.8, 4) is 55.9 Å². The third-order valence-corrected chi connectivity index (χ3v) is 24.8. The molecule has 2 aliphatic heterocycles. The molecule has 0 saturated heterocycles. The lowest BCUT2D eigenvalue weighted by Crippen LogP contribution is -2.30. The first kappa shape index (κ1) is 56.5. The Morgan fingerprint density at radius 2 is 0.684 bits per heavy atom. The van der Waals surface area contributed by atoms with Crippen molar-refractivity contribution in [2.45, 2.75) is 143 Å². The maximum atomic E-state index is 10.3. The SMILES string of the molecule is [2H]c1c([2H])c([2H])c2c(c1[2H])c1c([2H])c([2H])c([2H])c([2H])c1n2-c1cc2c3c(c1)N(c1cccc4c1oc1c(-n5c6c([2H])c([2H])c([2H])c([2H])c6c6c([2H])c([2H])c([2H])c([2H])c65)cccc14)c1cc(C4c5ccc(C(C)(C)C)cc5-c5cc(C(C)(C)C)ccc54)ccc1C3c1ccc(-c3cc(C(C)(C)C)cc(C(C)(C)C)c3)cc1N2c1c(-c2ccccc2)cc(C(C)(C)C)cc1-c1ccccc1. The predicted octanol–water partition coefficient (Wildman–Crippen LogP) is 31.2. The van der Waals surface area contributed by atoms with E-state index in [1.165, 1.54) is 15.7 Å². The van der Waals surface area contributed by atoms with E-state index in [-0.39, 0.29) is 88.1 Å². The van der Waals surface area contributed by atoms with Crippen LogP contribution in [0.2, 0.25) is 0 Å². The van der Waals surface area contributed by atoms with Crippen LogP contribution in [-0.2, 0) is 27.1 Å². The van der Waals surface area contributed by atoms with Crippen molar-refractivity contribution in [2.24, 2.45) is 0 Å². The minimum absolute atomic E-state index is 0.0841. The van der Waals surface area contributed by atoms with Crippen LogP contribution in [0, 0.1) is 0 Å². The van der Waals surface area contributed by atoms with Crippen LogP contribution < -0.4 is 9.80 Å². The Hall–Kier alpha value is -12.7. The van der Waals surface area contributed by atoms with E-state index in [0.29, 0.717) is 39.1 Å². The zero-order valence-electron chi connectivity index (χ0n) is 84.6. The van der Waals surface area contributed by atoms with Gasteiger partial charge in [0.25, 0.3) is 0 Å². The summed E-state index contributed by atoms with van der Waals surface area (Å²) >= 11 is 0. The number of benzene rings is 15. The number of para-hydroxylation sites is 6. The highest BCUT2D eigenvalue weighted by Crippen LogP contribution is 2.65. The van der Waals surface area contributed by atoms with Crippen LogP contribution in [0.15, 0.2) is 313 Å². The summed E-state index contributed by atoms with van der Waals surface area (Å²) in [6.07, 6.45) is 0. The molecule has 0 N–H and O–H groups in total. The van der Waals surface area contributed by atoms with Crippen molar-refractivity contribution >= 4 is 99.7 Å². The van der Waals surface area contributed by atoms with E-state index in [1.54, 1.807) is 16.7 Å². The summed E-state index contributed by atoms with van der Waals surface area (Å²) < 4.78 is 165. The van der Waals surface area contributed by atoms with Gasteiger partial charge in [-0.1, -0.05) is 340 Å².